The molecular formula is C12H15NO4. The van der Waals surface area contributed by atoms with Gasteiger partial charge in [-0.3, -0.25) is 9.59 Å². The van der Waals surface area contributed by atoms with E-state index in [4.69, 9.17) is 5.11 Å². The van der Waals surface area contributed by atoms with Crippen molar-refractivity contribution in [3.05, 3.63) is 29.8 Å². The van der Waals surface area contributed by atoms with Gasteiger partial charge in [0.25, 0.3) is 0 Å². The van der Waals surface area contributed by atoms with E-state index in [1.54, 1.807) is 19.1 Å². The van der Waals surface area contributed by atoms with Gasteiger partial charge in [0.1, 0.15) is 5.75 Å². The second kappa shape index (κ2) is 6.00. The predicted molar refractivity (Wildman–Crippen MR) is 62.2 cm³/mol. The van der Waals surface area contributed by atoms with Crippen LogP contribution in [0.4, 0.5) is 0 Å². The van der Waals surface area contributed by atoms with Crippen LogP contribution < -0.4 is 5.32 Å². The summed E-state index contributed by atoms with van der Waals surface area (Å²) in [4.78, 5) is 22.7. The minimum Gasteiger partial charge on any atom is -0.507 e. The Kier molecular flexibility index (Phi) is 4.66. The number of aromatic hydroxyl groups is 1. The van der Waals surface area contributed by atoms with Gasteiger partial charge in [-0.15, -0.1) is 0 Å². The minimum absolute atomic E-state index is 0.134. The number of para-hydroxylation sites is 1. The molecule has 17 heavy (non-hydrogen) atoms. The number of phenolic OH excluding ortho intramolecular Hbond substituents is 1. The summed E-state index contributed by atoms with van der Waals surface area (Å²) < 4.78 is 0. The predicted octanol–water partition coefficient (Wildman–Crippen LogP) is 1.03. The minimum atomic E-state index is -1.06. The van der Waals surface area contributed by atoms with Crippen LogP contribution in [0.5, 0.6) is 5.75 Å². The summed E-state index contributed by atoms with van der Waals surface area (Å²) in [5, 5.41) is 21.1. The fourth-order valence-corrected chi connectivity index (χ4v) is 1.55. The van der Waals surface area contributed by atoms with Gasteiger partial charge in [0.2, 0.25) is 0 Å². The van der Waals surface area contributed by atoms with Crippen LogP contribution in [0.3, 0.4) is 0 Å². The molecule has 1 unspecified atom stereocenters. The third-order valence-corrected chi connectivity index (χ3v) is 2.32. The molecule has 92 valence electrons. The fourth-order valence-electron chi connectivity index (χ4n) is 1.55. The highest BCUT2D eigenvalue weighted by atomic mass is 16.4. The number of ketones is 1. The second-order valence-corrected chi connectivity index (χ2v) is 3.59. The zero-order chi connectivity index (χ0) is 12.8. The van der Waals surface area contributed by atoms with E-state index in [0.717, 1.165) is 0 Å². The van der Waals surface area contributed by atoms with Gasteiger partial charge in [0.15, 0.2) is 5.78 Å². The van der Waals surface area contributed by atoms with Crippen LogP contribution in [0.1, 0.15) is 23.7 Å². The molecule has 5 heteroatoms. The topological polar surface area (TPSA) is 86.6 Å². The zero-order valence-corrected chi connectivity index (χ0v) is 9.51. The number of carboxylic acids is 1. The molecule has 0 amide bonds. The van der Waals surface area contributed by atoms with Gasteiger partial charge in [-0.2, -0.15) is 0 Å². The molecule has 0 aliphatic rings. The van der Waals surface area contributed by atoms with Crippen LogP contribution in [0.25, 0.3) is 0 Å². The normalized spacial score (nSPS) is 12.1. The van der Waals surface area contributed by atoms with Crippen molar-refractivity contribution < 1.29 is 19.8 Å². The molecule has 1 aromatic rings. The lowest BCUT2D eigenvalue weighted by Gasteiger charge is -2.15. The van der Waals surface area contributed by atoms with Crippen molar-refractivity contribution in [1.82, 2.24) is 5.32 Å². The molecule has 0 spiro atoms. The molecule has 0 saturated carbocycles. The molecule has 0 aliphatic heterocycles. The standard InChI is InChI=1S/C12H15NO4/c1-2-13-9(7-11(15)16)12(17)8-5-3-4-6-10(8)14/h3-6,9,13-14H,2,7H2,1H3,(H,15,16). The molecule has 0 saturated heterocycles. The molecule has 3 N–H and O–H groups in total. The van der Waals surface area contributed by atoms with Gasteiger partial charge in [-0.05, 0) is 18.7 Å². The first-order valence-corrected chi connectivity index (χ1v) is 5.33. The summed E-state index contributed by atoms with van der Waals surface area (Å²) in [5.74, 6) is -1.60. The van der Waals surface area contributed by atoms with E-state index in [1.807, 2.05) is 0 Å². The Morgan fingerprint density at radius 1 is 1.35 bits per heavy atom. The number of Topliss-reactive ketones (excluding diaryl/α,β-unsaturated/α-hetero) is 1. The van der Waals surface area contributed by atoms with Crippen molar-refractivity contribution in [3.8, 4) is 5.75 Å². The molecule has 1 rings (SSSR count). The number of aliphatic carboxylic acids is 1. The van der Waals surface area contributed by atoms with Crippen LogP contribution in [0.2, 0.25) is 0 Å². The third kappa shape index (κ3) is 3.57. The molecule has 0 fully saturated rings. The Labute approximate surface area is 99.1 Å². The van der Waals surface area contributed by atoms with Crippen molar-refractivity contribution in [2.45, 2.75) is 19.4 Å². The number of nitrogens with one attached hydrogen (secondary N) is 1. The Balaban J connectivity index is 2.91. The van der Waals surface area contributed by atoms with E-state index in [-0.39, 0.29) is 17.7 Å². The van der Waals surface area contributed by atoms with Gasteiger partial charge in [-0.1, -0.05) is 19.1 Å². The summed E-state index contributed by atoms with van der Waals surface area (Å²) in [5.41, 5.74) is 0.139. The van der Waals surface area contributed by atoms with Crippen LogP contribution >= 0.6 is 0 Å². The number of carbonyl (C=O) groups excluding carboxylic acids is 1. The highest BCUT2D eigenvalue weighted by molar-refractivity contribution is 6.03. The maximum Gasteiger partial charge on any atom is 0.305 e. The first kappa shape index (κ1) is 13.2. The SMILES string of the molecule is CCNC(CC(=O)O)C(=O)c1ccccc1O. The number of phenols is 1. The van der Waals surface area contributed by atoms with E-state index < -0.39 is 17.8 Å². The van der Waals surface area contributed by atoms with Crippen molar-refractivity contribution in [1.29, 1.82) is 0 Å². The van der Waals surface area contributed by atoms with Crippen molar-refractivity contribution in [2.24, 2.45) is 0 Å². The largest absolute Gasteiger partial charge is 0.507 e. The van der Waals surface area contributed by atoms with E-state index in [0.29, 0.717) is 6.54 Å². The summed E-state index contributed by atoms with van der Waals surface area (Å²) in [7, 11) is 0. The quantitative estimate of drug-likeness (QED) is 0.643. The molecule has 0 bridgehead atoms. The molecule has 0 heterocycles. The first-order chi connectivity index (χ1) is 8.06. The molecular weight excluding hydrogens is 222 g/mol. The monoisotopic (exact) mass is 237 g/mol. The van der Waals surface area contributed by atoms with Crippen LogP contribution in [-0.4, -0.2) is 34.6 Å². The molecule has 0 radical (unpaired) electrons. The van der Waals surface area contributed by atoms with E-state index in [1.165, 1.54) is 12.1 Å². The third-order valence-electron chi connectivity index (χ3n) is 2.32. The Hall–Kier alpha value is -1.88. The molecule has 1 atom stereocenters. The smallest absolute Gasteiger partial charge is 0.305 e. The lowest BCUT2D eigenvalue weighted by Crippen LogP contribution is -2.38. The average Bonchev–Trinajstić information content (AvgIpc) is 2.28. The summed E-state index contributed by atoms with van der Waals surface area (Å²) >= 11 is 0. The van der Waals surface area contributed by atoms with Crippen LogP contribution in [0, 0.1) is 0 Å². The Bertz CT molecular complexity index is 417. The van der Waals surface area contributed by atoms with Gasteiger partial charge in [-0.25, -0.2) is 0 Å². The maximum atomic E-state index is 12.0. The average molecular weight is 237 g/mol. The van der Waals surface area contributed by atoms with Gasteiger partial charge >= 0.3 is 5.97 Å². The van der Waals surface area contributed by atoms with Gasteiger partial charge < -0.3 is 15.5 Å². The fraction of sp³-hybridized carbons (Fsp3) is 0.333. The lowest BCUT2D eigenvalue weighted by molar-refractivity contribution is -0.137. The molecule has 1 aromatic carbocycles. The molecule has 0 aromatic heterocycles. The highest BCUT2D eigenvalue weighted by Crippen LogP contribution is 2.18. The van der Waals surface area contributed by atoms with E-state index >= 15 is 0 Å². The highest BCUT2D eigenvalue weighted by Gasteiger charge is 2.23. The van der Waals surface area contributed by atoms with Crippen LogP contribution in [0.15, 0.2) is 24.3 Å². The zero-order valence-electron chi connectivity index (χ0n) is 9.51. The van der Waals surface area contributed by atoms with Crippen molar-refractivity contribution in [3.63, 3.8) is 0 Å². The number of rotatable bonds is 6. The lowest BCUT2D eigenvalue weighted by atomic mass is 10.0. The molecule has 5 nitrogen and oxygen atoms in total. The number of likely N-dealkylation sites (N-methyl/N-ethyl adjacent to an activating group) is 1. The van der Waals surface area contributed by atoms with Crippen LogP contribution in [-0.2, 0) is 4.79 Å². The maximum absolute atomic E-state index is 12.0. The Morgan fingerprint density at radius 2 is 2.00 bits per heavy atom. The van der Waals surface area contributed by atoms with E-state index in [9.17, 15) is 14.7 Å². The number of carboxylic acid groups (broad SMARTS) is 1. The number of carbonyl (C=O) groups is 2. The summed E-state index contributed by atoms with van der Waals surface area (Å²) in [6.45, 7) is 2.27. The first-order valence-electron chi connectivity index (χ1n) is 5.33. The summed E-state index contributed by atoms with van der Waals surface area (Å²) in [6, 6.07) is 5.29. The van der Waals surface area contributed by atoms with Crippen molar-refractivity contribution in [2.75, 3.05) is 6.54 Å². The Morgan fingerprint density at radius 3 is 2.53 bits per heavy atom. The van der Waals surface area contributed by atoms with E-state index in [2.05, 4.69) is 5.32 Å². The number of hydrogen-bond donors (Lipinski definition) is 3. The molecule has 0 aliphatic carbocycles. The number of benzene rings is 1. The summed E-state index contributed by atoms with van der Waals surface area (Å²) in [6.07, 6.45) is -0.305. The van der Waals surface area contributed by atoms with Gasteiger partial charge in [0.05, 0.1) is 18.0 Å². The second-order valence-electron chi connectivity index (χ2n) is 3.59. The number of hydrogen-bond acceptors (Lipinski definition) is 4. The van der Waals surface area contributed by atoms with Gasteiger partial charge in [0, 0.05) is 0 Å². The van der Waals surface area contributed by atoms with Crippen molar-refractivity contribution >= 4 is 11.8 Å².